The van der Waals surface area contributed by atoms with E-state index in [1.807, 2.05) is 6.92 Å². The van der Waals surface area contributed by atoms with Gasteiger partial charge in [-0.05, 0) is 13.3 Å². The lowest BCUT2D eigenvalue weighted by atomic mass is 10.1. The largest absolute Gasteiger partial charge is 0.326 e. The van der Waals surface area contributed by atoms with Gasteiger partial charge in [0.25, 0.3) is 5.56 Å². The second-order valence-electron chi connectivity index (χ2n) is 3.56. The van der Waals surface area contributed by atoms with E-state index in [2.05, 4.69) is 4.98 Å². The highest BCUT2D eigenvalue weighted by atomic mass is 16.1. The van der Waals surface area contributed by atoms with Crippen LogP contribution < -0.4 is 11.3 Å². The molecule has 70 valence electrons. The lowest BCUT2D eigenvalue weighted by Crippen LogP contribution is -2.39. The molecule has 1 unspecified atom stereocenters. The minimum atomic E-state index is 0.0256. The fourth-order valence-corrected chi connectivity index (χ4v) is 1.71. The van der Waals surface area contributed by atoms with Crippen LogP contribution in [0.1, 0.15) is 17.9 Å². The van der Waals surface area contributed by atoms with Crippen molar-refractivity contribution < 1.29 is 0 Å². The molecule has 0 aromatic carbocycles. The monoisotopic (exact) mass is 179 g/mol. The van der Waals surface area contributed by atoms with Crippen LogP contribution in [0.5, 0.6) is 0 Å². The Bertz CT molecular complexity index is 383. The highest BCUT2D eigenvalue weighted by Gasteiger charge is 2.16. The van der Waals surface area contributed by atoms with Crippen molar-refractivity contribution in [3.8, 4) is 0 Å². The van der Waals surface area contributed by atoms with Crippen LogP contribution in [-0.2, 0) is 13.0 Å². The zero-order valence-corrected chi connectivity index (χ0v) is 7.66. The molecule has 1 aromatic rings. The Kier molecular flexibility index (Phi) is 1.92. The topological polar surface area (TPSA) is 60.9 Å². The second kappa shape index (κ2) is 2.96. The summed E-state index contributed by atoms with van der Waals surface area (Å²) in [6.07, 6.45) is 1.74. The summed E-state index contributed by atoms with van der Waals surface area (Å²) in [5, 5.41) is 0. The minimum absolute atomic E-state index is 0.0256. The normalized spacial score (nSPS) is 21.2. The Morgan fingerprint density at radius 3 is 3.23 bits per heavy atom. The van der Waals surface area contributed by atoms with Crippen molar-refractivity contribution in [3.05, 3.63) is 27.9 Å². The molecule has 4 nitrogen and oxygen atoms in total. The fourth-order valence-electron chi connectivity index (χ4n) is 1.71. The molecular formula is C9H13N3O. The molecule has 0 amide bonds. The van der Waals surface area contributed by atoms with Crippen molar-refractivity contribution in [1.82, 2.24) is 9.55 Å². The molecule has 4 heteroatoms. The number of nitrogens with two attached hydrogens (primary N) is 1. The van der Waals surface area contributed by atoms with E-state index >= 15 is 0 Å². The van der Waals surface area contributed by atoms with E-state index in [0.29, 0.717) is 6.54 Å². The van der Waals surface area contributed by atoms with Crippen LogP contribution in [0.25, 0.3) is 0 Å². The van der Waals surface area contributed by atoms with Crippen LogP contribution in [0, 0.1) is 6.92 Å². The number of fused-ring (bicyclic) bond motifs is 1. The molecule has 1 aliphatic heterocycles. The maximum Gasteiger partial charge on any atom is 0.253 e. The molecule has 1 aliphatic rings. The third-order valence-corrected chi connectivity index (χ3v) is 2.37. The van der Waals surface area contributed by atoms with Crippen molar-refractivity contribution in [2.45, 2.75) is 32.4 Å². The summed E-state index contributed by atoms with van der Waals surface area (Å²) in [5.74, 6) is 0.881. The molecule has 0 bridgehead atoms. The third kappa shape index (κ3) is 1.49. The number of hydrogen-bond donors (Lipinski definition) is 1. The Morgan fingerprint density at radius 2 is 2.46 bits per heavy atom. The van der Waals surface area contributed by atoms with Crippen LogP contribution in [-0.4, -0.2) is 15.6 Å². The highest BCUT2D eigenvalue weighted by molar-refractivity contribution is 5.05. The predicted octanol–water partition coefficient (Wildman–Crippen LogP) is -0.175. The molecule has 2 rings (SSSR count). The fraction of sp³-hybridized carbons (Fsp3) is 0.556. The number of nitrogens with zero attached hydrogens (tertiary/aromatic N) is 2. The summed E-state index contributed by atoms with van der Waals surface area (Å²) in [5.41, 5.74) is 6.59. The first kappa shape index (κ1) is 8.44. The molecular weight excluding hydrogens is 166 g/mol. The van der Waals surface area contributed by atoms with Gasteiger partial charge in [-0.25, -0.2) is 4.98 Å². The molecule has 0 radical (unpaired) electrons. The van der Waals surface area contributed by atoms with Gasteiger partial charge in [0, 0.05) is 30.8 Å². The average Bonchev–Trinajstić information content (AvgIpc) is 2.06. The summed E-state index contributed by atoms with van der Waals surface area (Å²) in [6.45, 7) is 2.46. The van der Waals surface area contributed by atoms with Gasteiger partial charge in [-0.15, -0.1) is 0 Å². The third-order valence-electron chi connectivity index (χ3n) is 2.37. The van der Waals surface area contributed by atoms with Crippen LogP contribution in [0.4, 0.5) is 0 Å². The predicted molar refractivity (Wildman–Crippen MR) is 49.5 cm³/mol. The molecule has 13 heavy (non-hydrogen) atoms. The van der Waals surface area contributed by atoms with E-state index in [1.165, 1.54) is 0 Å². The first-order chi connectivity index (χ1) is 6.16. The Labute approximate surface area is 76.4 Å². The first-order valence-electron chi connectivity index (χ1n) is 4.50. The van der Waals surface area contributed by atoms with E-state index in [1.54, 1.807) is 10.6 Å². The zero-order chi connectivity index (χ0) is 9.42. The van der Waals surface area contributed by atoms with E-state index in [0.717, 1.165) is 24.4 Å². The number of aromatic nitrogens is 2. The number of hydrogen-bond acceptors (Lipinski definition) is 3. The van der Waals surface area contributed by atoms with Gasteiger partial charge >= 0.3 is 0 Å². The molecule has 0 saturated heterocycles. The van der Waals surface area contributed by atoms with Gasteiger partial charge in [0.2, 0.25) is 0 Å². The quantitative estimate of drug-likeness (QED) is 0.601. The number of rotatable bonds is 0. The zero-order valence-electron chi connectivity index (χ0n) is 7.66. The van der Waals surface area contributed by atoms with Crippen molar-refractivity contribution in [2.24, 2.45) is 5.73 Å². The maximum absolute atomic E-state index is 11.5. The van der Waals surface area contributed by atoms with Gasteiger partial charge in [-0.1, -0.05) is 0 Å². The van der Waals surface area contributed by atoms with E-state index in [9.17, 15) is 4.79 Å². The summed E-state index contributed by atoms with van der Waals surface area (Å²) in [4.78, 5) is 15.8. The van der Waals surface area contributed by atoms with Crippen molar-refractivity contribution in [3.63, 3.8) is 0 Å². The van der Waals surface area contributed by atoms with E-state index in [4.69, 9.17) is 5.73 Å². The molecule has 0 aliphatic carbocycles. The highest BCUT2D eigenvalue weighted by Crippen LogP contribution is 2.09. The van der Waals surface area contributed by atoms with Crippen molar-refractivity contribution in [1.29, 1.82) is 0 Å². The van der Waals surface area contributed by atoms with Gasteiger partial charge in [0.15, 0.2) is 0 Å². The standard InChI is InChI=1S/C9H13N3O/c1-6-4-9(13)12-5-7(10)2-3-8(12)11-6/h4,7H,2-3,5,10H2,1H3. The Morgan fingerprint density at radius 1 is 1.69 bits per heavy atom. The van der Waals surface area contributed by atoms with Crippen LogP contribution in [0.2, 0.25) is 0 Å². The van der Waals surface area contributed by atoms with Gasteiger partial charge in [-0.3, -0.25) is 9.36 Å². The minimum Gasteiger partial charge on any atom is -0.326 e. The summed E-state index contributed by atoms with van der Waals surface area (Å²) < 4.78 is 1.68. The van der Waals surface area contributed by atoms with Crippen LogP contribution in [0.15, 0.2) is 10.9 Å². The molecule has 1 aromatic heterocycles. The van der Waals surface area contributed by atoms with Crippen molar-refractivity contribution in [2.75, 3.05) is 0 Å². The lowest BCUT2D eigenvalue weighted by Gasteiger charge is -2.22. The molecule has 2 N–H and O–H groups in total. The second-order valence-corrected chi connectivity index (χ2v) is 3.56. The molecule has 1 atom stereocenters. The molecule has 0 saturated carbocycles. The summed E-state index contributed by atoms with van der Waals surface area (Å²) in [7, 11) is 0. The van der Waals surface area contributed by atoms with Gasteiger partial charge in [-0.2, -0.15) is 0 Å². The SMILES string of the molecule is Cc1cc(=O)n2c(n1)CCC(N)C2. The Balaban J connectivity index is 2.53. The van der Waals surface area contributed by atoms with Gasteiger partial charge in [0.1, 0.15) is 5.82 Å². The van der Waals surface area contributed by atoms with Gasteiger partial charge in [0.05, 0.1) is 0 Å². The summed E-state index contributed by atoms with van der Waals surface area (Å²) >= 11 is 0. The van der Waals surface area contributed by atoms with Crippen LogP contribution in [0.3, 0.4) is 0 Å². The van der Waals surface area contributed by atoms with E-state index < -0.39 is 0 Å². The van der Waals surface area contributed by atoms with Crippen LogP contribution >= 0.6 is 0 Å². The maximum atomic E-state index is 11.5. The molecule has 0 fully saturated rings. The van der Waals surface area contributed by atoms with Gasteiger partial charge < -0.3 is 5.73 Å². The smallest absolute Gasteiger partial charge is 0.253 e. The number of aryl methyl sites for hydroxylation is 2. The van der Waals surface area contributed by atoms with E-state index in [-0.39, 0.29) is 11.6 Å². The van der Waals surface area contributed by atoms with Crippen molar-refractivity contribution >= 4 is 0 Å². The Hall–Kier alpha value is -1.16. The first-order valence-corrected chi connectivity index (χ1v) is 4.50. The average molecular weight is 179 g/mol. The summed E-state index contributed by atoms with van der Waals surface area (Å²) in [6, 6.07) is 1.66. The molecule has 2 heterocycles. The molecule has 0 spiro atoms. The lowest BCUT2D eigenvalue weighted by molar-refractivity contribution is 0.433.